The van der Waals surface area contributed by atoms with E-state index in [9.17, 15) is 21.6 Å². The van der Waals surface area contributed by atoms with Crippen molar-refractivity contribution in [2.45, 2.75) is 44.4 Å². The van der Waals surface area contributed by atoms with Gasteiger partial charge in [-0.3, -0.25) is 0 Å². The summed E-state index contributed by atoms with van der Waals surface area (Å²) in [5.74, 6) is -0.270. The minimum absolute atomic E-state index is 0.0182. The van der Waals surface area contributed by atoms with Crippen LogP contribution in [-0.2, 0) is 23.8 Å². The number of carbonyl (C=O) groups is 1. The maximum atomic E-state index is 13.3. The summed E-state index contributed by atoms with van der Waals surface area (Å²) in [4.78, 5) is 17.2. The first kappa shape index (κ1) is 27.4. The molecular weight excluding hydrogens is 538 g/mol. The second-order valence-corrected chi connectivity index (χ2v) is 14.0. The van der Waals surface area contributed by atoms with E-state index in [2.05, 4.69) is 10.3 Å². The van der Waals surface area contributed by atoms with Gasteiger partial charge in [-0.25, -0.2) is 30.6 Å². The van der Waals surface area contributed by atoms with E-state index in [-0.39, 0.29) is 40.3 Å². The Morgan fingerprint density at radius 3 is 2.35 bits per heavy atom. The molecule has 1 aromatic carbocycles. The topological polar surface area (TPSA) is 124 Å². The zero-order valence-corrected chi connectivity index (χ0v) is 23.1. The number of fused-ring (bicyclic) bond motifs is 1. The maximum Gasteiger partial charge on any atom is 0.341 e. The number of ether oxygens (including phenoxy) is 1. The number of hydrogen-bond donors (Lipinski definition) is 1. The van der Waals surface area contributed by atoms with Crippen LogP contribution in [0.4, 0.5) is 5.69 Å². The van der Waals surface area contributed by atoms with Crippen LogP contribution in [0, 0.1) is 18.8 Å². The number of rotatable bonds is 9. The Balaban J connectivity index is 1.63. The number of hydrogen-bond acceptors (Lipinski definition) is 8. The highest BCUT2D eigenvalue weighted by molar-refractivity contribution is 8.13. The van der Waals surface area contributed by atoms with Crippen LogP contribution in [-0.4, -0.2) is 50.7 Å². The summed E-state index contributed by atoms with van der Waals surface area (Å²) in [5, 5.41) is 3.84. The number of anilines is 1. The predicted molar refractivity (Wildman–Crippen MR) is 143 cm³/mol. The number of esters is 1. The van der Waals surface area contributed by atoms with Crippen molar-refractivity contribution >= 4 is 52.4 Å². The standard InChI is InChI=1S/C25H30ClN3O6S2/c1-3-35-25(30)22-15-28-24-21(12-13-29(24)37(33,34)20-10-4-17(2)5-11-20)23(22)27-14-18-6-8-19(9-7-18)16-36(26,31)32/h4-5,10-13,15,18-19H,3,6-9,14,16H2,1-2H3,(H,27,28). The molecule has 3 aromatic rings. The lowest BCUT2D eigenvalue weighted by Crippen LogP contribution is -2.25. The fourth-order valence-corrected chi connectivity index (χ4v) is 7.50. The number of nitrogens with one attached hydrogen (secondary N) is 1. The van der Waals surface area contributed by atoms with Gasteiger partial charge in [0.25, 0.3) is 10.0 Å². The summed E-state index contributed by atoms with van der Waals surface area (Å²) in [5.41, 5.74) is 1.83. The van der Waals surface area contributed by atoms with E-state index in [0.29, 0.717) is 17.6 Å². The van der Waals surface area contributed by atoms with Crippen LogP contribution in [0.15, 0.2) is 47.6 Å². The van der Waals surface area contributed by atoms with Gasteiger partial charge in [-0.2, -0.15) is 0 Å². The third kappa shape index (κ3) is 6.27. The molecule has 1 aliphatic carbocycles. The third-order valence-corrected chi connectivity index (χ3v) is 9.65. The number of pyridine rings is 1. The molecule has 4 rings (SSSR count). The molecule has 1 saturated carbocycles. The fraction of sp³-hybridized carbons (Fsp3) is 0.440. The Bertz CT molecular complexity index is 1490. The molecule has 2 heterocycles. The lowest BCUT2D eigenvalue weighted by Gasteiger charge is -2.28. The zero-order chi connectivity index (χ0) is 26.8. The van der Waals surface area contributed by atoms with Crippen molar-refractivity contribution in [3.63, 3.8) is 0 Å². The van der Waals surface area contributed by atoms with Crippen LogP contribution < -0.4 is 5.32 Å². The van der Waals surface area contributed by atoms with E-state index < -0.39 is 25.0 Å². The smallest absolute Gasteiger partial charge is 0.341 e. The van der Waals surface area contributed by atoms with Crippen molar-refractivity contribution in [3.8, 4) is 0 Å². The highest BCUT2D eigenvalue weighted by atomic mass is 35.7. The predicted octanol–water partition coefficient (Wildman–Crippen LogP) is 4.55. The highest BCUT2D eigenvalue weighted by Gasteiger charge is 2.27. The monoisotopic (exact) mass is 567 g/mol. The molecule has 1 N–H and O–H groups in total. The molecule has 0 radical (unpaired) electrons. The zero-order valence-electron chi connectivity index (χ0n) is 20.7. The minimum atomic E-state index is -3.91. The molecule has 0 saturated heterocycles. The molecule has 2 aromatic heterocycles. The SMILES string of the molecule is CCOC(=O)c1cnc2c(ccn2S(=O)(=O)c2ccc(C)cc2)c1NCC1CCC(CS(=O)(=O)Cl)CC1. The summed E-state index contributed by atoms with van der Waals surface area (Å²) in [6, 6.07) is 8.19. The van der Waals surface area contributed by atoms with Gasteiger partial charge in [0, 0.05) is 35.0 Å². The minimum Gasteiger partial charge on any atom is -0.462 e. The average molecular weight is 568 g/mol. The van der Waals surface area contributed by atoms with Gasteiger partial charge in [0.2, 0.25) is 9.05 Å². The van der Waals surface area contributed by atoms with Gasteiger partial charge in [-0.1, -0.05) is 17.7 Å². The lowest BCUT2D eigenvalue weighted by molar-refractivity contribution is 0.0527. The Morgan fingerprint density at radius 1 is 1.08 bits per heavy atom. The molecule has 0 unspecified atom stereocenters. The molecule has 0 atom stereocenters. The van der Waals surface area contributed by atoms with Gasteiger partial charge in [-0.15, -0.1) is 0 Å². The van der Waals surface area contributed by atoms with Crippen LogP contribution in [0.5, 0.6) is 0 Å². The van der Waals surface area contributed by atoms with Gasteiger partial charge in [0.15, 0.2) is 5.65 Å². The van der Waals surface area contributed by atoms with Crippen molar-refractivity contribution < 1.29 is 26.4 Å². The summed E-state index contributed by atoms with van der Waals surface area (Å²) in [6.45, 7) is 4.31. The molecular formula is C25H30ClN3O6S2. The van der Waals surface area contributed by atoms with Crippen LogP contribution in [0.1, 0.15) is 48.5 Å². The largest absolute Gasteiger partial charge is 0.462 e. The Morgan fingerprint density at radius 2 is 1.73 bits per heavy atom. The average Bonchev–Trinajstić information content (AvgIpc) is 3.28. The number of carbonyl (C=O) groups excluding carboxylic acids is 1. The second kappa shape index (κ2) is 11.0. The van der Waals surface area contributed by atoms with Gasteiger partial charge in [0.1, 0.15) is 5.56 Å². The Hall–Kier alpha value is -2.63. The van der Waals surface area contributed by atoms with Gasteiger partial charge in [-0.05, 0) is 69.6 Å². The second-order valence-electron chi connectivity index (χ2n) is 9.41. The summed E-state index contributed by atoms with van der Waals surface area (Å²) < 4.78 is 55.8. The normalized spacial score (nSPS) is 18.6. The summed E-state index contributed by atoms with van der Waals surface area (Å²) in [6.07, 6.45) is 5.91. The number of aromatic nitrogens is 2. The van der Waals surface area contributed by atoms with E-state index in [1.165, 1.54) is 12.4 Å². The third-order valence-electron chi connectivity index (χ3n) is 6.72. The fourth-order valence-electron chi connectivity index (χ4n) is 4.77. The molecule has 0 aliphatic heterocycles. The van der Waals surface area contributed by atoms with Crippen LogP contribution in [0.3, 0.4) is 0 Å². The van der Waals surface area contributed by atoms with Crippen LogP contribution in [0.25, 0.3) is 11.0 Å². The van der Waals surface area contributed by atoms with Crippen molar-refractivity contribution in [2.24, 2.45) is 11.8 Å². The first-order valence-electron chi connectivity index (χ1n) is 12.1. The van der Waals surface area contributed by atoms with E-state index >= 15 is 0 Å². The maximum absolute atomic E-state index is 13.3. The van der Waals surface area contributed by atoms with E-state index in [1.54, 1.807) is 37.3 Å². The first-order valence-corrected chi connectivity index (χ1v) is 16.1. The summed E-state index contributed by atoms with van der Waals surface area (Å²) in [7, 11) is -2.01. The van der Waals surface area contributed by atoms with Gasteiger partial charge >= 0.3 is 5.97 Å². The van der Waals surface area contributed by atoms with Crippen LogP contribution >= 0.6 is 10.7 Å². The van der Waals surface area contributed by atoms with E-state index in [0.717, 1.165) is 35.2 Å². The molecule has 1 fully saturated rings. The molecule has 200 valence electrons. The molecule has 9 nitrogen and oxygen atoms in total. The van der Waals surface area contributed by atoms with E-state index in [1.807, 2.05) is 6.92 Å². The molecule has 0 amide bonds. The number of halogens is 1. The molecule has 0 bridgehead atoms. The van der Waals surface area contributed by atoms with Crippen molar-refractivity contribution in [1.29, 1.82) is 0 Å². The van der Waals surface area contributed by atoms with Gasteiger partial charge in [0.05, 0.1) is 22.9 Å². The van der Waals surface area contributed by atoms with Crippen molar-refractivity contribution in [2.75, 3.05) is 24.2 Å². The molecule has 37 heavy (non-hydrogen) atoms. The molecule has 0 spiro atoms. The molecule has 1 aliphatic rings. The first-order chi connectivity index (χ1) is 17.5. The number of aryl methyl sites for hydroxylation is 1. The van der Waals surface area contributed by atoms with Crippen LogP contribution in [0.2, 0.25) is 0 Å². The highest BCUT2D eigenvalue weighted by Crippen LogP contribution is 2.33. The summed E-state index contributed by atoms with van der Waals surface area (Å²) >= 11 is 0. The van der Waals surface area contributed by atoms with E-state index in [4.69, 9.17) is 15.4 Å². The van der Waals surface area contributed by atoms with Crippen molar-refractivity contribution in [3.05, 3.63) is 53.9 Å². The number of benzene rings is 1. The lowest BCUT2D eigenvalue weighted by atomic mass is 9.83. The Kier molecular flexibility index (Phi) is 8.15. The Labute approximate surface area is 221 Å². The molecule has 12 heteroatoms. The number of nitrogens with zero attached hydrogens (tertiary/aromatic N) is 2. The van der Waals surface area contributed by atoms with Crippen molar-refractivity contribution in [1.82, 2.24) is 8.96 Å². The quantitative estimate of drug-likeness (QED) is 0.295. The van der Waals surface area contributed by atoms with Gasteiger partial charge < -0.3 is 10.1 Å².